The number of amides is 1. The van der Waals surface area contributed by atoms with E-state index in [0.717, 1.165) is 24.3 Å². The second-order valence-electron chi connectivity index (χ2n) is 5.43. The van der Waals surface area contributed by atoms with Crippen molar-refractivity contribution in [3.05, 3.63) is 65.0 Å². The number of hydrogen-bond donors (Lipinski definition) is 1. The fourth-order valence-electron chi connectivity index (χ4n) is 2.56. The van der Waals surface area contributed by atoms with Crippen molar-refractivity contribution in [3.8, 4) is 0 Å². The summed E-state index contributed by atoms with van der Waals surface area (Å²) in [6, 6.07) is 7.87. The molecule has 0 spiro atoms. The van der Waals surface area contributed by atoms with Crippen LogP contribution in [-0.2, 0) is 22.1 Å². The lowest BCUT2D eigenvalue weighted by Gasteiger charge is -2.24. The SMILES string of the molecule is O=C1OC(C(=O)Nc2ccccc2C(F)(F)F)Cc2cc(F)ccc21. The van der Waals surface area contributed by atoms with E-state index in [1.807, 2.05) is 0 Å². The van der Waals surface area contributed by atoms with Gasteiger partial charge in [-0.15, -0.1) is 0 Å². The molecule has 1 amide bonds. The van der Waals surface area contributed by atoms with Crippen LogP contribution in [0.2, 0.25) is 0 Å². The van der Waals surface area contributed by atoms with Crippen molar-refractivity contribution in [1.29, 1.82) is 0 Å². The van der Waals surface area contributed by atoms with E-state index >= 15 is 0 Å². The van der Waals surface area contributed by atoms with Gasteiger partial charge >= 0.3 is 12.1 Å². The molecule has 130 valence electrons. The average molecular weight is 353 g/mol. The molecule has 1 N–H and O–H groups in total. The van der Waals surface area contributed by atoms with E-state index in [0.29, 0.717) is 0 Å². The van der Waals surface area contributed by atoms with Crippen LogP contribution >= 0.6 is 0 Å². The largest absolute Gasteiger partial charge is 0.448 e. The van der Waals surface area contributed by atoms with E-state index in [4.69, 9.17) is 4.74 Å². The number of alkyl halides is 3. The highest BCUT2D eigenvalue weighted by atomic mass is 19.4. The lowest BCUT2D eigenvalue weighted by atomic mass is 9.98. The molecule has 0 radical (unpaired) electrons. The summed E-state index contributed by atoms with van der Waals surface area (Å²) >= 11 is 0. The molecule has 0 aromatic heterocycles. The monoisotopic (exact) mass is 353 g/mol. The zero-order chi connectivity index (χ0) is 18.2. The molecule has 25 heavy (non-hydrogen) atoms. The van der Waals surface area contributed by atoms with E-state index in [-0.39, 0.29) is 17.5 Å². The first kappa shape index (κ1) is 16.9. The Balaban J connectivity index is 1.83. The Hall–Kier alpha value is -2.90. The van der Waals surface area contributed by atoms with Crippen molar-refractivity contribution in [1.82, 2.24) is 0 Å². The molecule has 1 aliphatic heterocycles. The molecule has 0 fully saturated rings. The first-order valence-electron chi connectivity index (χ1n) is 7.22. The Bertz CT molecular complexity index is 848. The van der Waals surface area contributed by atoms with Gasteiger partial charge in [-0.3, -0.25) is 4.79 Å². The molecular formula is C17H11F4NO3. The van der Waals surface area contributed by atoms with Gasteiger partial charge in [0.1, 0.15) is 5.82 Å². The first-order chi connectivity index (χ1) is 11.8. The zero-order valence-electron chi connectivity index (χ0n) is 12.6. The van der Waals surface area contributed by atoms with Gasteiger partial charge in [0.2, 0.25) is 0 Å². The number of nitrogens with one attached hydrogen (secondary N) is 1. The molecule has 2 aromatic rings. The molecule has 1 unspecified atom stereocenters. The van der Waals surface area contributed by atoms with Crippen molar-refractivity contribution < 1.29 is 31.9 Å². The number of carbonyl (C=O) groups is 2. The van der Waals surface area contributed by atoms with Crippen LogP contribution in [0.25, 0.3) is 0 Å². The maximum absolute atomic E-state index is 13.3. The number of anilines is 1. The summed E-state index contributed by atoms with van der Waals surface area (Å²) in [6.07, 6.45) is -6.12. The van der Waals surface area contributed by atoms with Gasteiger partial charge in [-0.1, -0.05) is 12.1 Å². The standard InChI is InChI=1S/C17H11F4NO3/c18-10-5-6-11-9(7-10)8-14(25-16(11)24)15(23)22-13-4-2-1-3-12(13)17(19,20)21/h1-7,14H,8H2,(H,22,23). The number of rotatable bonds is 2. The first-order valence-corrected chi connectivity index (χ1v) is 7.22. The van der Waals surface area contributed by atoms with Gasteiger partial charge in [-0.05, 0) is 35.9 Å². The fourth-order valence-corrected chi connectivity index (χ4v) is 2.56. The summed E-state index contributed by atoms with van der Waals surface area (Å²) in [6.45, 7) is 0. The van der Waals surface area contributed by atoms with Crippen LogP contribution in [0.1, 0.15) is 21.5 Å². The van der Waals surface area contributed by atoms with E-state index in [9.17, 15) is 27.2 Å². The van der Waals surface area contributed by atoms with Gasteiger partial charge in [-0.2, -0.15) is 13.2 Å². The maximum Gasteiger partial charge on any atom is 0.418 e. The van der Waals surface area contributed by atoms with Crippen LogP contribution in [0, 0.1) is 5.82 Å². The van der Waals surface area contributed by atoms with E-state index in [2.05, 4.69) is 5.32 Å². The quantitative estimate of drug-likeness (QED) is 0.663. The number of cyclic esters (lactones) is 1. The van der Waals surface area contributed by atoms with Gasteiger partial charge in [0, 0.05) is 6.42 Å². The minimum atomic E-state index is -4.65. The number of hydrogen-bond acceptors (Lipinski definition) is 3. The minimum Gasteiger partial charge on any atom is -0.448 e. The van der Waals surface area contributed by atoms with E-state index < -0.39 is 41.2 Å². The molecule has 1 atom stereocenters. The highest BCUT2D eigenvalue weighted by Crippen LogP contribution is 2.34. The number of esters is 1. The van der Waals surface area contributed by atoms with Gasteiger partial charge in [-0.25, -0.2) is 9.18 Å². The second kappa shape index (κ2) is 6.19. The fraction of sp³-hybridized carbons (Fsp3) is 0.176. The Morgan fingerprint density at radius 1 is 1.16 bits per heavy atom. The van der Waals surface area contributed by atoms with Crippen LogP contribution in [0.5, 0.6) is 0 Å². The van der Waals surface area contributed by atoms with Crippen LogP contribution in [0.3, 0.4) is 0 Å². The summed E-state index contributed by atoms with van der Waals surface area (Å²) in [5.41, 5.74) is -1.07. The molecular weight excluding hydrogens is 342 g/mol. The third-order valence-electron chi connectivity index (χ3n) is 3.72. The average Bonchev–Trinajstić information content (AvgIpc) is 2.53. The molecule has 2 aromatic carbocycles. The predicted octanol–water partition coefficient (Wildman–Crippen LogP) is 3.56. The predicted molar refractivity (Wildman–Crippen MR) is 79.4 cm³/mol. The molecule has 0 saturated carbocycles. The number of benzene rings is 2. The van der Waals surface area contributed by atoms with Gasteiger partial charge in [0.15, 0.2) is 6.10 Å². The number of para-hydroxylation sites is 1. The minimum absolute atomic E-state index is 0.126. The molecule has 3 rings (SSSR count). The number of carbonyl (C=O) groups excluding carboxylic acids is 2. The molecule has 4 nitrogen and oxygen atoms in total. The maximum atomic E-state index is 13.3. The van der Waals surface area contributed by atoms with Crippen LogP contribution in [0.15, 0.2) is 42.5 Å². The van der Waals surface area contributed by atoms with Crippen molar-refractivity contribution in [2.75, 3.05) is 5.32 Å². The summed E-state index contributed by atoms with van der Waals surface area (Å²) in [4.78, 5) is 24.1. The highest BCUT2D eigenvalue weighted by Gasteiger charge is 2.36. The van der Waals surface area contributed by atoms with Crippen LogP contribution in [-0.4, -0.2) is 18.0 Å². The summed E-state index contributed by atoms with van der Waals surface area (Å²) in [5, 5.41) is 2.12. The van der Waals surface area contributed by atoms with Crippen molar-refractivity contribution in [3.63, 3.8) is 0 Å². The lowest BCUT2D eigenvalue weighted by molar-refractivity contribution is -0.137. The summed E-state index contributed by atoms with van der Waals surface area (Å²) in [5.74, 6) is -2.33. The third-order valence-corrected chi connectivity index (χ3v) is 3.72. The van der Waals surface area contributed by atoms with Crippen molar-refractivity contribution in [2.24, 2.45) is 0 Å². The van der Waals surface area contributed by atoms with Gasteiger partial charge < -0.3 is 10.1 Å². The summed E-state index contributed by atoms with van der Waals surface area (Å²) < 4.78 is 57.2. The van der Waals surface area contributed by atoms with Gasteiger partial charge in [0.25, 0.3) is 5.91 Å². The van der Waals surface area contributed by atoms with Crippen LogP contribution < -0.4 is 5.32 Å². The normalized spacial score (nSPS) is 16.8. The van der Waals surface area contributed by atoms with Gasteiger partial charge in [0.05, 0.1) is 16.8 Å². The molecule has 1 heterocycles. The lowest BCUT2D eigenvalue weighted by Crippen LogP contribution is -2.38. The summed E-state index contributed by atoms with van der Waals surface area (Å²) in [7, 11) is 0. The van der Waals surface area contributed by atoms with E-state index in [1.165, 1.54) is 18.2 Å². The molecule has 8 heteroatoms. The van der Waals surface area contributed by atoms with Crippen LogP contribution in [0.4, 0.5) is 23.2 Å². The Kier molecular flexibility index (Phi) is 4.20. The Morgan fingerprint density at radius 3 is 2.60 bits per heavy atom. The number of halogens is 4. The molecule has 0 bridgehead atoms. The number of ether oxygens (including phenoxy) is 1. The second-order valence-corrected chi connectivity index (χ2v) is 5.43. The molecule has 0 aliphatic carbocycles. The number of fused-ring (bicyclic) bond motifs is 1. The Morgan fingerprint density at radius 2 is 1.88 bits per heavy atom. The zero-order valence-corrected chi connectivity index (χ0v) is 12.6. The topological polar surface area (TPSA) is 55.4 Å². The third kappa shape index (κ3) is 3.47. The molecule has 1 aliphatic rings. The van der Waals surface area contributed by atoms with E-state index in [1.54, 1.807) is 0 Å². The van der Waals surface area contributed by atoms with Crippen molar-refractivity contribution >= 4 is 17.6 Å². The smallest absolute Gasteiger partial charge is 0.418 e. The van der Waals surface area contributed by atoms with Crippen molar-refractivity contribution in [2.45, 2.75) is 18.7 Å². The highest BCUT2D eigenvalue weighted by molar-refractivity contribution is 6.00. The Labute approximate surface area is 139 Å². The molecule has 0 saturated heterocycles.